The van der Waals surface area contributed by atoms with Crippen molar-refractivity contribution in [3.8, 4) is 0 Å². The molecule has 0 saturated heterocycles. The first kappa shape index (κ1) is 6.06. The molecule has 0 heterocycles. The average molecular weight is 115 g/mol. The highest BCUT2D eigenvalue weighted by atomic mass is 19.1. The minimum Gasteiger partial charge on any atom is -0.250 e. The first-order valence-corrected chi connectivity index (χ1v) is 3.33. The second-order valence-corrected chi connectivity index (χ2v) is 2.44. The van der Waals surface area contributed by atoms with Crippen LogP contribution in [0.5, 0.6) is 0 Å². The third-order valence-corrected chi connectivity index (χ3v) is 1.75. The zero-order valence-electron chi connectivity index (χ0n) is 5.12. The fourth-order valence-corrected chi connectivity index (χ4v) is 1.19. The minimum atomic E-state index is -0.167. The van der Waals surface area contributed by atoms with Gasteiger partial charge in [-0.3, -0.25) is 4.39 Å². The van der Waals surface area contributed by atoms with Gasteiger partial charge in [0.25, 0.3) is 0 Å². The van der Waals surface area contributed by atoms with Gasteiger partial charge in [0.2, 0.25) is 0 Å². The highest BCUT2D eigenvalue weighted by Gasteiger charge is 2.12. The summed E-state index contributed by atoms with van der Waals surface area (Å²) in [5.41, 5.74) is 0. The van der Waals surface area contributed by atoms with E-state index in [-0.39, 0.29) is 6.67 Å². The Labute approximate surface area is 50.1 Å². The van der Waals surface area contributed by atoms with Gasteiger partial charge in [0.05, 0.1) is 6.67 Å². The highest BCUT2D eigenvalue weighted by Crippen LogP contribution is 2.25. The Morgan fingerprint density at radius 1 is 1.12 bits per heavy atom. The number of hydrogen-bond donors (Lipinski definition) is 0. The van der Waals surface area contributed by atoms with Crippen molar-refractivity contribution in [3.63, 3.8) is 0 Å². The van der Waals surface area contributed by atoms with Crippen molar-refractivity contribution in [1.82, 2.24) is 0 Å². The van der Waals surface area contributed by atoms with E-state index in [2.05, 4.69) is 0 Å². The Kier molecular flexibility index (Phi) is 2.31. The molecule has 0 unspecified atom stereocenters. The third-order valence-electron chi connectivity index (χ3n) is 1.75. The quantitative estimate of drug-likeness (QED) is 0.492. The summed E-state index contributed by atoms with van der Waals surface area (Å²) in [5.74, 6) is 1.14. The molecule has 1 saturated carbocycles. The Bertz CT molecular complexity index is 55.4. The second-order valence-electron chi connectivity index (χ2n) is 2.44. The molecule has 0 spiro atoms. The molecule has 8 heavy (non-hydrogen) atoms. The van der Waals surface area contributed by atoms with Crippen LogP contribution in [0.4, 0.5) is 4.39 Å². The molecule has 1 aliphatic rings. The van der Waals surface area contributed by atoms with Crippen molar-refractivity contribution < 1.29 is 4.39 Å². The van der Waals surface area contributed by atoms with Crippen molar-refractivity contribution in [3.05, 3.63) is 5.92 Å². The van der Waals surface area contributed by atoms with Crippen LogP contribution in [0.25, 0.3) is 0 Å². The highest BCUT2D eigenvalue weighted by molar-refractivity contribution is 4.91. The standard InChI is InChI=1S/C7H12F/c8-6-7-4-2-1-3-5-7/h1-6H2. The van der Waals surface area contributed by atoms with E-state index < -0.39 is 0 Å². The van der Waals surface area contributed by atoms with E-state index in [4.69, 9.17) is 0 Å². The maximum Gasteiger partial charge on any atom is 0.0956 e. The van der Waals surface area contributed by atoms with Gasteiger partial charge in [0.1, 0.15) is 0 Å². The van der Waals surface area contributed by atoms with Crippen LogP contribution >= 0.6 is 0 Å². The van der Waals surface area contributed by atoms with E-state index in [0.717, 1.165) is 18.8 Å². The lowest BCUT2D eigenvalue weighted by Crippen LogP contribution is -2.04. The van der Waals surface area contributed by atoms with Crippen molar-refractivity contribution in [2.75, 3.05) is 6.67 Å². The van der Waals surface area contributed by atoms with Gasteiger partial charge in [0.15, 0.2) is 0 Å². The largest absolute Gasteiger partial charge is 0.250 e. The summed E-state index contributed by atoms with van der Waals surface area (Å²) in [6.45, 7) is -0.167. The minimum absolute atomic E-state index is 0.167. The maximum atomic E-state index is 11.8. The monoisotopic (exact) mass is 115 g/mol. The summed E-state index contributed by atoms with van der Waals surface area (Å²) in [6.07, 6.45) is 5.86. The summed E-state index contributed by atoms with van der Waals surface area (Å²) in [6, 6.07) is 0. The van der Waals surface area contributed by atoms with Gasteiger partial charge in [-0.25, -0.2) is 0 Å². The van der Waals surface area contributed by atoms with Crippen LogP contribution in [0.1, 0.15) is 32.1 Å². The Hall–Kier alpha value is -0.0700. The van der Waals surface area contributed by atoms with Crippen molar-refractivity contribution in [2.24, 2.45) is 0 Å². The molecule has 0 aliphatic heterocycles. The van der Waals surface area contributed by atoms with Crippen LogP contribution in [0.15, 0.2) is 0 Å². The van der Waals surface area contributed by atoms with Crippen LogP contribution < -0.4 is 0 Å². The number of halogens is 1. The van der Waals surface area contributed by atoms with Crippen molar-refractivity contribution in [1.29, 1.82) is 0 Å². The normalized spacial score (nSPS) is 23.6. The van der Waals surface area contributed by atoms with E-state index in [1.54, 1.807) is 0 Å². The Balaban J connectivity index is 2.13. The van der Waals surface area contributed by atoms with E-state index in [9.17, 15) is 4.39 Å². The van der Waals surface area contributed by atoms with Gasteiger partial charge in [-0.1, -0.05) is 19.3 Å². The molecule has 0 atom stereocenters. The number of alkyl halides is 1. The van der Waals surface area contributed by atoms with E-state index in [1.165, 1.54) is 19.3 Å². The van der Waals surface area contributed by atoms with Crippen LogP contribution in [0.3, 0.4) is 0 Å². The molecular weight excluding hydrogens is 103 g/mol. The molecule has 1 heteroatoms. The topological polar surface area (TPSA) is 0 Å². The van der Waals surface area contributed by atoms with Gasteiger partial charge in [-0.2, -0.15) is 0 Å². The third kappa shape index (κ3) is 1.46. The summed E-state index contributed by atoms with van der Waals surface area (Å²) in [5, 5.41) is 0. The molecule has 0 bridgehead atoms. The number of rotatable bonds is 1. The van der Waals surface area contributed by atoms with Crippen molar-refractivity contribution >= 4 is 0 Å². The molecule has 47 valence electrons. The number of hydrogen-bond acceptors (Lipinski definition) is 0. The second kappa shape index (κ2) is 3.06. The molecule has 0 aromatic carbocycles. The molecule has 0 nitrogen and oxygen atoms in total. The van der Waals surface area contributed by atoms with Gasteiger partial charge < -0.3 is 0 Å². The summed E-state index contributed by atoms with van der Waals surface area (Å²) >= 11 is 0. The van der Waals surface area contributed by atoms with E-state index in [1.807, 2.05) is 0 Å². The lowest BCUT2D eigenvalue weighted by molar-refractivity contribution is 0.422. The molecule has 1 fully saturated rings. The fourth-order valence-electron chi connectivity index (χ4n) is 1.19. The maximum absolute atomic E-state index is 11.8. The molecule has 0 N–H and O–H groups in total. The lowest BCUT2D eigenvalue weighted by atomic mass is 9.90. The van der Waals surface area contributed by atoms with Gasteiger partial charge in [-0.05, 0) is 12.8 Å². The average Bonchev–Trinajstić information content (AvgIpc) is 1.90. The van der Waals surface area contributed by atoms with E-state index >= 15 is 0 Å². The first-order valence-electron chi connectivity index (χ1n) is 3.33. The van der Waals surface area contributed by atoms with Crippen LogP contribution in [-0.2, 0) is 0 Å². The van der Waals surface area contributed by atoms with Crippen LogP contribution in [-0.4, -0.2) is 6.67 Å². The molecule has 0 amide bonds. The van der Waals surface area contributed by atoms with Crippen LogP contribution in [0.2, 0.25) is 0 Å². The molecule has 0 aromatic heterocycles. The Morgan fingerprint density at radius 3 is 2.12 bits per heavy atom. The Morgan fingerprint density at radius 2 is 1.75 bits per heavy atom. The predicted octanol–water partition coefficient (Wildman–Crippen LogP) is 2.49. The van der Waals surface area contributed by atoms with Crippen molar-refractivity contribution in [2.45, 2.75) is 32.1 Å². The fraction of sp³-hybridized carbons (Fsp3) is 0.857. The van der Waals surface area contributed by atoms with Gasteiger partial charge in [-0.15, -0.1) is 0 Å². The molecule has 1 radical (unpaired) electrons. The van der Waals surface area contributed by atoms with Crippen LogP contribution in [0, 0.1) is 5.92 Å². The smallest absolute Gasteiger partial charge is 0.0956 e. The van der Waals surface area contributed by atoms with Gasteiger partial charge in [0, 0.05) is 5.92 Å². The first-order chi connectivity index (χ1) is 3.93. The molecule has 1 aliphatic carbocycles. The molecule has 0 aromatic rings. The summed E-state index contributed by atoms with van der Waals surface area (Å²) in [4.78, 5) is 0. The predicted molar refractivity (Wildman–Crippen MR) is 32.3 cm³/mol. The lowest BCUT2D eigenvalue weighted by Gasteiger charge is -2.16. The van der Waals surface area contributed by atoms with E-state index in [0.29, 0.717) is 0 Å². The summed E-state index contributed by atoms with van der Waals surface area (Å²) in [7, 11) is 0. The summed E-state index contributed by atoms with van der Waals surface area (Å²) < 4.78 is 11.8. The zero-order valence-corrected chi connectivity index (χ0v) is 5.12. The SMILES string of the molecule is FC[C]1CCCCC1. The van der Waals surface area contributed by atoms with Gasteiger partial charge >= 0.3 is 0 Å². The molecular formula is C7H12F. The zero-order chi connectivity index (χ0) is 5.82. The molecule has 1 rings (SSSR count).